The minimum absolute atomic E-state index is 0.0503. The Morgan fingerprint density at radius 1 is 1.15 bits per heavy atom. The smallest absolute Gasteiger partial charge is 0.355 e. The molecule has 3 aromatic heterocycles. The lowest BCUT2D eigenvalue weighted by Gasteiger charge is -2.09. The Morgan fingerprint density at radius 3 is 2.64 bits per heavy atom. The average molecular weight is 474 g/mol. The number of aromatic nitrogens is 5. The number of benzene rings is 1. The minimum atomic E-state index is -4.62. The zero-order valence-corrected chi connectivity index (χ0v) is 18.0. The highest BCUT2D eigenvalue weighted by Crippen LogP contribution is 2.31. The number of nitrogens with one attached hydrogen (secondary N) is 1. The molecule has 8 nitrogen and oxygen atoms in total. The SMILES string of the molecule is Cn1cc(-c2cc(C(F)(F)F)nc(SCCNC(=O)c3cc(-c4ccccc4)on3)n2)cn1. The number of hydrogen-bond donors (Lipinski definition) is 1. The summed E-state index contributed by atoms with van der Waals surface area (Å²) in [4.78, 5) is 20.1. The van der Waals surface area contributed by atoms with Crippen LogP contribution in [0.2, 0.25) is 0 Å². The normalized spacial score (nSPS) is 11.5. The van der Waals surface area contributed by atoms with Gasteiger partial charge in [0.15, 0.2) is 16.6 Å². The quantitative estimate of drug-likeness (QED) is 0.245. The van der Waals surface area contributed by atoms with Gasteiger partial charge in [-0.15, -0.1) is 0 Å². The van der Waals surface area contributed by atoms with Crippen molar-refractivity contribution < 1.29 is 22.5 Å². The number of rotatable bonds is 7. The van der Waals surface area contributed by atoms with Crippen molar-refractivity contribution in [1.29, 1.82) is 0 Å². The van der Waals surface area contributed by atoms with Crippen molar-refractivity contribution >= 4 is 17.7 Å². The summed E-state index contributed by atoms with van der Waals surface area (Å²) in [6.45, 7) is 0.166. The van der Waals surface area contributed by atoms with Crippen molar-refractivity contribution in [3.8, 4) is 22.6 Å². The van der Waals surface area contributed by atoms with Gasteiger partial charge in [-0.25, -0.2) is 9.97 Å². The second kappa shape index (κ2) is 9.45. The van der Waals surface area contributed by atoms with E-state index in [0.717, 1.165) is 23.4 Å². The number of amides is 1. The van der Waals surface area contributed by atoms with Gasteiger partial charge in [-0.05, 0) is 6.07 Å². The molecule has 33 heavy (non-hydrogen) atoms. The van der Waals surface area contributed by atoms with Crippen molar-refractivity contribution in [3.63, 3.8) is 0 Å². The molecule has 1 aromatic carbocycles. The molecule has 0 saturated carbocycles. The van der Waals surface area contributed by atoms with E-state index in [1.54, 1.807) is 13.2 Å². The van der Waals surface area contributed by atoms with Gasteiger partial charge < -0.3 is 9.84 Å². The predicted octanol–water partition coefficient (Wildman–Crippen LogP) is 4.07. The topological polar surface area (TPSA) is 98.7 Å². The van der Waals surface area contributed by atoms with Crippen LogP contribution < -0.4 is 5.32 Å². The van der Waals surface area contributed by atoms with Gasteiger partial charge >= 0.3 is 6.18 Å². The van der Waals surface area contributed by atoms with Crippen molar-refractivity contribution in [2.75, 3.05) is 12.3 Å². The Labute approximate surface area is 190 Å². The Kier molecular flexibility index (Phi) is 6.45. The molecule has 0 bridgehead atoms. The van der Waals surface area contributed by atoms with Crippen LogP contribution in [0.25, 0.3) is 22.6 Å². The van der Waals surface area contributed by atoms with Crippen LogP contribution in [0.4, 0.5) is 13.2 Å². The lowest BCUT2D eigenvalue weighted by Crippen LogP contribution is -2.26. The van der Waals surface area contributed by atoms with Crippen LogP contribution >= 0.6 is 11.8 Å². The largest absolute Gasteiger partial charge is 0.433 e. The number of alkyl halides is 3. The fraction of sp³-hybridized carbons (Fsp3) is 0.190. The maximum Gasteiger partial charge on any atom is 0.433 e. The molecular weight excluding hydrogens is 457 g/mol. The summed E-state index contributed by atoms with van der Waals surface area (Å²) in [5, 5.41) is 10.3. The van der Waals surface area contributed by atoms with Crippen LogP contribution in [-0.2, 0) is 13.2 Å². The van der Waals surface area contributed by atoms with E-state index in [2.05, 4.69) is 25.5 Å². The van der Waals surface area contributed by atoms with Crippen LogP contribution in [0.5, 0.6) is 0 Å². The van der Waals surface area contributed by atoms with Gasteiger partial charge in [-0.2, -0.15) is 18.3 Å². The molecule has 0 spiro atoms. The van der Waals surface area contributed by atoms with Crippen molar-refractivity contribution in [1.82, 2.24) is 30.2 Å². The first kappa shape index (κ1) is 22.5. The fourth-order valence-electron chi connectivity index (χ4n) is 2.85. The molecule has 0 radical (unpaired) electrons. The third-order valence-electron chi connectivity index (χ3n) is 4.42. The molecule has 0 aliphatic heterocycles. The molecule has 0 atom stereocenters. The van der Waals surface area contributed by atoms with Crippen LogP contribution in [0.1, 0.15) is 16.2 Å². The fourth-order valence-corrected chi connectivity index (χ4v) is 3.57. The average Bonchev–Trinajstić information content (AvgIpc) is 3.46. The van der Waals surface area contributed by atoms with E-state index in [4.69, 9.17) is 4.52 Å². The Hall–Kier alpha value is -3.67. The van der Waals surface area contributed by atoms with E-state index in [0.29, 0.717) is 11.3 Å². The van der Waals surface area contributed by atoms with Crippen molar-refractivity contribution in [2.45, 2.75) is 11.3 Å². The number of halogens is 3. The van der Waals surface area contributed by atoms with Gasteiger partial charge in [-0.1, -0.05) is 47.3 Å². The van der Waals surface area contributed by atoms with E-state index in [9.17, 15) is 18.0 Å². The van der Waals surface area contributed by atoms with Gasteiger partial charge in [0.2, 0.25) is 0 Å². The molecule has 0 aliphatic rings. The molecule has 0 aliphatic carbocycles. The summed E-state index contributed by atoms with van der Waals surface area (Å²) >= 11 is 0.998. The highest BCUT2D eigenvalue weighted by Gasteiger charge is 2.34. The van der Waals surface area contributed by atoms with Crippen LogP contribution in [0.3, 0.4) is 0 Å². The maximum absolute atomic E-state index is 13.3. The van der Waals surface area contributed by atoms with Gasteiger partial charge in [0.1, 0.15) is 5.69 Å². The zero-order chi connectivity index (χ0) is 23.4. The van der Waals surface area contributed by atoms with Gasteiger partial charge in [-0.3, -0.25) is 9.48 Å². The molecule has 1 amide bonds. The van der Waals surface area contributed by atoms with E-state index in [1.807, 2.05) is 30.3 Å². The Balaban J connectivity index is 1.38. The molecule has 1 N–H and O–H groups in total. The van der Waals surface area contributed by atoms with Crippen LogP contribution in [0.15, 0.2) is 64.5 Å². The first-order valence-corrected chi connectivity index (χ1v) is 10.7. The Bertz CT molecular complexity index is 1260. The highest BCUT2D eigenvalue weighted by molar-refractivity contribution is 7.99. The standard InChI is InChI=1S/C21H17F3N6O2S/c1-30-12-14(11-26-30)15-10-18(21(22,23)24)28-20(27-15)33-8-7-25-19(31)16-9-17(32-29-16)13-5-3-2-4-6-13/h2-6,9-12H,7-8H2,1H3,(H,25,31). The van der Waals surface area contributed by atoms with E-state index in [1.165, 1.54) is 16.9 Å². The molecule has 3 heterocycles. The van der Waals surface area contributed by atoms with E-state index < -0.39 is 17.8 Å². The second-order valence-corrected chi connectivity index (χ2v) is 7.93. The summed E-state index contributed by atoms with van der Waals surface area (Å²) in [7, 11) is 1.66. The number of carbonyl (C=O) groups excluding carboxylic acids is 1. The molecular formula is C21H17F3N6O2S. The Morgan fingerprint density at radius 2 is 1.94 bits per heavy atom. The third kappa shape index (κ3) is 5.58. The highest BCUT2D eigenvalue weighted by atomic mass is 32.2. The summed E-state index contributed by atoms with van der Waals surface area (Å²) in [6, 6.07) is 11.6. The van der Waals surface area contributed by atoms with Gasteiger partial charge in [0, 0.05) is 42.7 Å². The third-order valence-corrected chi connectivity index (χ3v) is 5.27. The number of hydrogen-bond acceptors (Lipinski definition) is 7. The molecule has 0 saturated heterocycles. The molecule has 4 rings (SSSR count). The minimum Gasteiger partial charge on any atom is -0.355 e. The summed E-state index contributed by atoms with van der Waals surface area (Å²) < 4.78 is 46.5. The maximum atomic E-state index is 13.3. The second-order valence-electron chi connectivity index (χ2n) is 6.87. The first-order chi connectivity index (χ1) is 15.8. The first-order valence-electron chi connectivity index (χ1n) is 9.68. The summed E-state index contributed by atoms with van der Waals surface area (Å²) in [5.74, 6) is 0.251. The zero-order valence-electron chi connectivity index (χ0n) is 17.2. The summed E-state index contributed by atoms with van der Waals surface area (Å²) in [6.07, 6.45) is -1.62. The monoisotopic (exact) mass is 474 g/mol. The predicted molar refractivity (Wildman–Crippen MR) is 114 cm³/mol. The number of nitrogens with zero attached hydrogens (tertiary/aromatic N) is 5. The molecule has 0 unspecified atom stereocenters. The molecule has 12 heteroatoms. The van der Waals surface area contributed by atoms with Crippen molar-refractivity contribution in [3.05, 3.63) is 66.2 Å². The van der Waals surface area contributed by atoms with Crippen molar-refractivity contribution in [2.24, 2.45) is 7.05 Å². The summed E-state index contributed by atoms with van der Waals surface area (Å²) in [5.41, 5.74) is 0.409. The molecule has 4 aromatic rings. The van der Waals surface area contributed by atoms with Gasteiger partial charge in [0.05, 0.1) is 11.9 Å². The van der Waals surface area contributed by atoms with Crippen LogP contribution in [-0.4, -0.2) is 43.1 Å². The molecule has 0 fully saturated rings. The number of aryl methyl sites for hydroxylation is 1. The number of carbonyl (C=O) groups is 1. The van der Waals surface area contributed by atoms with E-state index in [-0.39, 0.29) is 28.8 Å². The lowest BCUT2D eigenvalue weighted by molar-refractivity contribution is -0.141. The van der Waals surface area contributed by atoms with Gasteiger partial charge in [0.25, 0.3) is 5.91 Å². The molecule has 170 valence electrons. The number of thioether (sulfide) groups is 1. The lowest BCUT2D eigenvalue weighted by atomic mass is 10.1. The van der Waals surface area contributed by atoms with Crippen LogP contribution in [0, 0.1) is 0 Å². The van der Waals surface area contributed by atoms with E-state index >= 15 is 0 Å².